The van der Waals surface area contributed by atoms with Gasteiger partial charge in [0.2, 0.25) is 0 Å². The lowest BCUT2D eigenvalue weighted by molar-refractivity contribution is 0.413. The number of halogens is 1. The van der Waals surface area contributed by atoms with E-state index in [4.69, 9.17) is 4.74 Å². The van der Waals surface area contributed by atoms with Gasteiger partial charge in [-0.1, -0.05) is 30.3 Å². The molecule has 0 saturated carbocycles. The van der Waals surface area contributed by atoms with Crippen molar-refractivity contribution in [3.8, 4) is 16.9 Å². The second-order valence-electron chi connectivity index (χ2n) is 6.40. The van der Waals surface area contributed by atoms with E-state index in [9.17, 15) is 12.8 Å². The van der Waals surface area contributed by atoms with Gasteiger partial charge in [-0.2, -0.15) is 0 Å². The normalized spacial score (nSPS) is 15.8. The number of sulfonamides is 1. The first-order chi connectivity index (χ1) is 12.9. The number of anilines is 1. The standard InChI is InChI=1S/C21H18FNO3S/c1-14-20-12-15(22)10-11-18(20)19-8-3-4-9-21(19)23(14)27(24,25)17-7-5-6-16(13-17)26-2/h3-14H,1-2H3. The molecule has 0 bridgehead atoms. The second-order valence-corrected chi connectivity index (χ2v) is 8.22. The number of nitrogens with zero attached hydrogens (tertiary/aromatic N) is 1. The highest BCUT2D eigenvalue weighted by molar-refractivity contribution is 7.92. The average Bonchev–Trinajstić information content (AvgIpc) is 2.68. The summed E-state index contributed by atoms with van der Waals surface area (Å²) in [6.45, 7) is 1.77. The van der Waals surface area contributed by atoms with Crippen molar-refractivity contribution in [1.29, 1.82) is 0 Å². The van der Waals surface area contributed by atoms with Crippen LogP contribution in [0, 0.1) is 5.82 Å². The molecule has 0 N–H and O–H groups in total. The summed E-state index contributed by atoms with van der Waals surface area (Å²) in [5, 5.41) is 0. The minimum atomic E-state index is -3.88. The molecule has 0 saturated heterocycles. The summed E-state index contributed by atoms with van der Waals surface area (Å²) in [5.41, 5.74) is 2.82. The fraction of sp³-hybridized carbons (Fsp3) is 0.143. The summed E-state index contributed by atoms with van der Waals surface area (Å²) in [6, 6.07) is 17.6. The average molecular weight is 383 g/mol. The van der Waals surface area contributed by atoms with Crippen molar-refractivity contribution < 1.29 is 17.5 Å². The van der Waals surface area contributed by atoms with Crippen LogP contribution in [0.25, 0.3) is 11.1 Å². The monoisotopic (exact) mass is 383 g/mol. The zero-order chi connectivity index (χ0) is 19.2. The molecule has 1 atom stereocenters. The maximum Gasteiger partial charge on any atom is 0.265 e. The van der Waals surface area contributed by atoms with Gasteiger partial charge in [0.05, 0.1) is 23.7 Å². The smallest absolute Gasteiger partial charge is 0.265 e. The number of ether oxygens (including phenoxy) is 1. The van der Waals surface area contributed by atoms with E-state index in [1.54, 1.807) is 37.3 Å². The van der Waals surface area contributed by atoms with E-state index < -0.39 is 21.9 Å². The molecule has 1 heterocycles. The number of fused-ring (bicyclic) bond motifs is 3. The van der Waals surface area contributed by atoms with Crippen LogP contribution in [-0.2, 0) is 10.0 Å². The largest absolute Gasteiger partial charge is 0.497 e. The third kappa shape index (κ3) is 2.77. The third-order valence-corrected chi connectivity index (χ3v) is 6.73. The topological polar surface area (TPSA) is 46.6 Å². The Kier molecular flexibility index (Phi) is 4.15. The first-order valence-corrected chi connectivity index (χ1v) is 9.95. The van der Waals surface area contributed by atoms with Crippen molar-refractivity contribution in [1.82, 2.24) is 0 Å². The van der Waals surface area contributed by atoms with Crippen LogP contribution in [0.5, 0.6) is 5.75 Å². The summed E-state index contributed by atoms with van der Waals surface area (Å²) in [4.78, 5) is 0.128. The van der Waals surface area contributed by atoms with Crippen LogP contribution in [0.15, 0.2) is 71.6 Å². The van der Waals surface area contributed by atoms with Crippen molar-refractivity contribution in [2.24, 2.45) is 0 Å². The number of para-hydroxylation sites is 1. The number of benzene rings is 3. The Morgan fingerprint density at radius 3 is 2.52 bits per heavy atom. The quantitative estimate of drug-likeness (QED) is 0.654. The van der Waals surface area contributed by atoms with E-state index in [1.165, 1.54) is 35.7 Å². The van der Waals surface area contributed by atoms with Crippen molar-refractivity contribution in [3.63, 3.8) is 0 Å². The molecule has 0 radical (unpaired) electrons. The Labute approximate surface area is 157 Å². The molecule has 6 heteroatoms. The van der Waals surface area contributed by atoms with Gasteiger partial charge in [-0.15, -0.1) is 0 Å². The first kappa shape index (κ1) is 17.5. The molecule has 1 aliphatic rings. The summed E-state index contributed by atoms with van der Waals surface area (Å²) in [7, 11) is -2.39. The first-order valence-electron chi connectivity index (χ1n) is 8.51. The van der Waals surface area contributed by atoms with Gasteiger partial charge in [0.15, 0.2) is 0 Å². The lowest BCUT2D eigenvalue weighted by atomic mass is 9.90. The number of rotatable bonds is 3. The second kappa shape index (κ2) is 6.39. The van der Waals surface area contributed by atoms with E-state index >= 15 is 0 Å². The molecular formula is C21H18FNO3S. The molecule has 138 valence electrons. The Hall–Kier alpha value is -2.86. The highest BCUT2D eigenvalue weighted by Crippen LogP contribution is 2.47. The summed E-state index contributed by atoms with van der Waals surface area (Å²) < 4.78 is 47.4. The van der Waals surface area contributed by atoms with Crippen LogP contribution in [0.3, 0.4) is 0 Å². The van der Waals surface area contributed by atoms with Crippen LogP contribution >= 0.6 is 0 Å². The molecule has 0 spiro atoms. The molecule has 4 rings (SSSR count). The molecule has 1 aliphatic heterocycles. The molecule has 3 aromatic rings. The van der Waals surface area contributed by atoms with E-state index in [-0.39, 0.29) is 4.90 Å². The molecule has 27 heavy (non-hydrogen) atoms. The van der Waals surface area contributed by atoms with Crippen molar-refractivity contribution in [2.75, 3.05) is 11.4 Å². The van der Waals surface area contributed by atoms with Gasteiger partial charge in [0, 0.05) is 11.6 Å². The highest BCUT2D eigenvalue weighted by atomic mass is 32.2. The maximum atomic E-state index is 13.9. The molecule has 0 aliphatic carbocycles. The fourth-order valence-corrected chi connectivity index (χ4v) is 5.26. The van der Waals surface area contributed by atoms with Crippen LogP contribution < -0.4 is 9.04 Å². The van der Waals surface area contributed by atoms with Gasteiger partial charge >= 0.3 is 0 Å². The minimum absolute atomic E-state index is 0.128. The zero-order valence-electron chi connectivity index (χ0n) is 14.9. The highest BCUT2D eigenvalue weighted by Gasteiger charge is 2.37. The SMILES string of the molecule is COc1cccc(S(=O)(=O)N2c3ccccc3-c3ccc(F)cc3C2C)c1. The van der Waals surface area contributed by atoms with E-state index in [0.29, 0.717) is 17.0 Å². The Balaban J connectivity index is 1.95. The van der Waals surface area contributed by atoms with E-state index in [2.05, 4.69) is 0 Å². The maximum absolute atomic E-state index is 13.9. The van der Waals surface area contributed by atoms with Crippen molar-refractivity contribution >= 4 is 15.7 Å². The van der Waals surface area contributed by atoms with Crippen molar-refractivity contribution in [2.45, 2.75) is 17.9 Å². The molecule has 3 aromatic carbocycles. The predicted octanol–water partition coefficient (Wildman–Crippen LogP) is 4.77. The Morgan fingerprint density at radius 2 is 1.74 bits per heavy atom. The zero-order valence-corrected chi connectivity index (χ0v) is 15.7. The molecule has 0 amide bonds. The Morgan fingerprint density at radius 1 is 0.963 bits per heavy atom. The van der Waals surface area contributed by atoms with Gasteiger partial charge in [-0.05, 0) is 48.4 Å². The molecule has 0 fully saturated rings. The van der Waals surface area contributed by atoms with Crippen LogP contribution in [0.1, 0.15) is 18.5 Å². The molecule has 4 nitrogen and oxygen atoms in total. The summed E-state index contributed by atoms with van der Waals surface area (Å²) >= 11 is 0. The molecule has 1 unspecified atom stereocenters. The van der Waals surface area contributed by atoms with Gasteiger partial charge in [0.1, 0.15) is 11.6 Å². The summed E-state index contributed by atoms with van der Waals surface area (Å²) in [6.07, 6.45) is 0. The number of hydrogen-bond acceptors (Lipinski definition) is 3. The van der Waals surface area contributed by atoms with E-state index in [1.807, 2.05) is 12.1 Å². The van der Waals surface area contributed by atoms with Gasteiger partial charge in [0.25, 0.3) is 10.0 Å². The molecular weight excluding hydrogens is 365 g/mol. The van der Waals surface area contributed by atoms with Crippen molar-refractivity contribution in [3.05, 3.63) is 78.1 Å². The van der Waals surface area contributed by atoms with Crippen LogP contribution in [0.2, 0.25) is 0 Å². The Bertz CT molecular complexity index is 1130. The lowest BCUT2D eigenvalue weighted by Crippen LogP contribution is -2.36. The summed E-state index contributed by atoms with van der Waals surface area (Å²) in [5.74, 6) is 0.0687. The van der Waals surface area contributed by atoms with E-state index in [0.717, 1.165) is 11.1 Å². The molecule has 0 aromatic heterocycles. The number of hydrogen-bond donors (Lipinski definition) is 0. The number of methoxy groups -OCH3 is 1. The van der Waals surface area contributed by atoms with Gasteiger partial charge < -0.3 is 4.74 Å². The van der Waals surface area contributed by atoms with Crippen LogP contribution in [0.4, 0.5) is 10.1 Å². The van der Waals surface area contributed by atoms with Gasteiger partial charge in [-0.3, -0.25) is 4.31 Å². The lowest BCUT2D eigenvalue weighted by Gasteiger charge is -2.37. The predicted molar refractivity (Wildman–Crippen MR) is 103 cm³/mol. The fourth-order valence-electron chi connectivity index (χ4n) is 3.57. The van der Waals surface area contributed by atoms with Crippen LogP contribution in [-0.4, -0.2) is 15.5 Å². The van der Waals surface area contributed by atoms with Gasteiger partial charge in [-0.25, -0.2) is 12.8 Å². The third-order valence-electron chi connectivity index (χ3n) is 4.85. The minimum Gasteiger partial charge on any atom is -0.497 e.